The van der Waals surface area contributed by atoms with Crippen LogP contribution in [0.1, 0.15) is 17.5 Å². The van der Waals surface area contributed by atoms with E-state index in [-0.39, 0.29) is 5.97 Å². The number of carbonyl (C=O) groups excluding carboxylic acids is 1. The molecule has 0 aromatic heterocycles. The minimum absolute atomic E-state index is 0.248. The van der Waals surface area contributed by atoms with Crippen molar-refractivity contribution in [2.24, 2.45) is 0 Å². The van der Waals surface area contributed by atoms with Crippen LogP contribution in [0.3, 0.4) is 0 Å². The summed E-state index contributed by atoms with van der Waals surface area (Å²) in [4.78, 5) is 11.3. The highest BCUT2D eigenvalue weighted by molar-refractivity contribution is 6.30. The number of hydrogen-bond donors (Lipinski definition) is 0. The Kier molecular flexibility index (Phi) is 4.97. The van der Waals surface area contributed by atoms with Crippen LogP contribution in [-0.2, 0) is 16.0 Å². The summed E-state index contributed by atoms with van der Waals surface area (Å²) >= 11 is 6.07. The molecule has 0 aliphatic carbocycles. The number of ether oxygens (including phenoxy) is 1. The Morgan fingerprint density at radius 2 is 2.10 bits per heavy atom. The zero-order valence-electron chi connectivity index (χ0n) is 11.6. The number of hydrogen-bond acceptors (Lipinski definition) is 3. The lowest BCUT2D eigenvalue weighted by Gasteiger charge is -2.10. The number of esters is 1. The van der Waals surface area contributed by atoms with E-state index in [0.717, 1.165) is 16.7 Å². The van der Waals surface area contributed by atoms with E-state index in [1.165, 1.54) is 7.11 Å². The lowest BCUT2D eigenvalue weighted by atomic mass is 9.95. The number of methoxy groups -OCH3 is 1. The Balaban J connectivity index is 2.39. The molecule has 0 aliphatic heterocycles. The van der Waals surface area contributed by atoms with Crippen molar-refractivity contribution in [1.82, 2.24) is 0 Å². The third-order valence-corrected chi connectivity index (χ3v) is 3.44. The molecule has 0 fully saturated rings. The number of rotatable bonds is 4. The van der Waals surface area contributed by atoms with Gasteiger partial charge in [-0.25, -0.2) is 0 Å². The van der Waals surface area contributed by atoms with Gasteiger partial charge >= 0.3 is 5.97 Å². The highest BCUT2D eigenvalue weighted by atomic mass is 35.5. The maximum atomic E-state index is 11.3. The molecule has 0 bridgehead atoms. The zero-order valence-corrected chi connectivity index (χ0v) is 12.4. The first-order valence-electron chi connectivity index (χ1n) is 6.50. The summed E-state index contributed by atoms with van der Waals surface area (Å²) in [6.07, 6.45) is 0.874. The molecular formula is C17H14ClNO2. The highest BCUT2D eigenvalue weighted by Crippen LogP contribution is 2.28. The van der Waals surface area contributed by atoms with E-state index in [0.29, 0.717) is 23.4 Å². The minimum Gasteiger partial charge on any atom is -0.469 e. The summed E-state index contributed by atoms with van der Waals surface area (Å²) < 4.78 is 4.67. The van der Waals surface area contributed by atoms with Gasteiger partial charge in [0.25, 0.3) is 0 Å². The van der Waals surface area contributed by atoms with Crippen LogP contribution in [0, 0.1) is 11.3 Å². The van der Waals surface area contributed by atoms with Crippen LogP contribution < -0.4 is 0 Å². The van der Waals surface area contributed by atoms with Crippen molar-refractivity contribution in [3.63, 3.8) is 0 Å². The van der Waals surface area contributed by atoms with Gasteiger partial charge in [-0.3, -0.25) is 4.79 Å². The zero-order chi connectivity index (χ0) is 15.2. The van der Waals surface area contributed by atoms with Crippen molar-refractivity contribution < 1.29 is 9.53 Å². The van der Waals surface area contributed by atoms with E-state index in [1.54, 1.807) is 12.1 Å². The number of benzene rings is 2. The predicted octanol–water partition coefficient (Wildman–Crippen LogP) is 3.98. The molecule has 21 heavy (non-hydrogen) atoms. The molecule has 0 saturated heterocycles. The molecule has 3 nitrogen and oxygen atoms in total. The van der Waals surface area contributed by atoms with Crippen LogP contribution in [-0.4, -0.2) is 13.1 Å². The van der Waals surface area contributed by atoms with Crippen LogP contribution in [0.2, 0.25) is 5.02 Å². The Hall–Kier alpha value is -2.31. The van der Waals surface area contributed by atoms with Gasteiger partial charge in [0.15, 0.2) is 0 Å². The van der Waals surface area contributed by atoms with Gasteiger partial charge in [0.05, 0.1) is 18.7 Å². The van der Waals surface area contributed by atoms with E-state index < -0.39 is 0 Å². The second-order valence-corrected chi connectivity index (χ2v) is 5.01. The first-order valence-corrected chi connectivity index (χ1v) is 6.87. The van der Waals surface area contributed by atoms with Gasteiger partial charge < -0.3 is 4.74 Å². The van der Waals surface area contributed by atoms with Crippen LogP contribution in [0.15, 0.2) is 42.5 Å². The molecule has 0 aliphatic rings. The van der Waals surface area contributed by atoms with Crippen molar-refractivity contribution in [1.29, 1.82) is 5.26 Å². The molecule has 0 atom stereocenters. The molecule has 0 unspecified atom stereocenters. The van der Waals surface area contributed by atoms with Gasteiger partial charge in [0.1, 0.15) is 0 Å². The van der Waals surface area contributed by atoms with E-state index in [4.69, 9.17) is 16.9 Å². The molecule has 2 rings (SSSR count). The molecule has 2 aromatic carbocycles. The average Bonchev–Trinajstić information content (AvgIpc) is 2.53. The maximum absolute atomic E-state index is 11.3. The van der Waals surface area contributed by atoms with Gasteiger partial charge in [0.2, 0.25) is 0 Å². The fraction of sp³-hybridized carbons (Fsp3) is 0.176. The summed E-state index contributed by atoms with van der Waals surface area (Å²) in [5, 5.41) is 9.62. The van der Waals surface area contributed by atoms with Crippen molar-refractivity contribution in [2.75, 3.05) is 7.11 Å². The van der Waals surface area contributed by atoms with Gasteiger partial charge in [-0.05, 0) is 47.4 Å². The van der Waals surface area contributed by atoms with Gasteiger partial charge in [0, 0.05) is 11.4 Å². The SMILES string of the molecule is COC(=O)CCc1ccc(Cl)cc1-c1cccc(C#N)c1. The molecule has 106 valence electrons. The maximum Gasteiger partial charge on any atom is 0.305 e. The molecule has 4 heteroatoms. The van der Waals surface area contributed by atoms with Gasteiger partial charge in [-0.1, -0.05) is 29.8 Å². The largest absolute Gasteiger partial charge is 0.469 e. The third kappa shape index (κ3) is 3.84. The van der Waals surface area contributed by atoms with Crippen LogP contribution in [0.4, 0.5) is 0 Å². The van der Waals surface area contributed by atoms with Gasteiger partial charge in [-0.15, -0.1) is 0 Å². The molecule has 0 saturated carbocycles. The quantitative estimate of drug-likeness (QED) is 0.802. The van der Waals surface area contributed by atoms with Crippen LogP contribution in [0.5, 0.6) is 0 Å². The van der Waals surface area contributed by atoms with Crippen molar-refractivity contribution in [2.45, 2.75) is 12.8 Å². The molecule has 0 radical (unpaired) electrons. The second kappa shape index (κ2) is 6.92. The lowest BCUT2D eigenvalue weighted by Crippen LogP contribution is -2.02. The van der Waals surface area contributed by atoms with E-state index >= 15 is 0 Å². The van der Waals surface area contributed by atoms with Crippen molar-refractivity contribution in [3.8, 4) is 17.2 Å². The molecule has 0 N–H and O–H groups in total. The molecular weight excluding hydrogens is 286 g/mol. The molecule has 0 heterocycles. The van der Waals surface area contributed by atoms with E-state index in [9.17, 15) is 4.79 Å². The average molecular weight is 300 g/mol. The fourth-order valence-electron chi connectivity index (χ4n) is 2.13. The summed E-state index contributed by atoms with van der Waals surface area (Å²) in [7, 11) is 1.38. The summed E-state index contributed by atoms with van der Waals surface area (Å²) in [6.45, 7) is 0. The number of nitriles is 1. The second-order valence-electron chi connectivity index (χ2n) is 4.57. The van der Waals surface area contributed by atoms with Crippen LogP contribution in [0.25, 0.3) is 11.1 Å². The van der Waals surface area contributed by atoms with Crippen LogP contribution >= 0.6 is 11.6 Å². The van der Waals surface area contributed by atoms with Crippen molar-refractivity contribution in [3.05, 3.63) is 58.6 Å². The summed E-state index contributed by atoms with van der Waals surface area (Å²) in [5.74, 6) is -0.248. The number of halogens is 1. The standard InChI is InChI=1S/C17H14ClNO2/c1-21-17(20)8-6-13-5-7-15(18)10-16(13)14-4-2-3-12(9-14)11-19/h2-5,7,9-10H,6,8H2,1H3. The Morgan fingerprint density at radius 3 is 2.81 bits per heavy atom. The normalized spacial score (nSPS) is 9.95. The molecule has 2 aromatic rings. The fourth-order valence-corrected chi connectivity index (χ4v) is 2.30. The van der Waals surface area contributed by atoms with Gasteiger partial charge in [-0.2, -0.15) is 5.26 Å². The Labute approximate surface area is 128 Å². The lowest BCUT2D eigenvalue weighted by molar-refractivity contribution is -0.140. The Bertz CT molecular complexity index is 704. The third-order valence-electron chi connectivity index (χ3n) is 3.20. The monoisotopic (exact) mass is 299 g/mol. The number of carbonyl (C=O) groups is 1. The minimum atomic E-state index is -0.248. The number of nitrogens with zero attached hydrogens (tertiary/aromatic N) is 1. The van der Waals surface area contributed by atoms with E-state index in [2.05, 4.69) is 10.8 Å². The van der Waals surface area contributed by atoms with E-state index in [1.807, 2.05) is 30.3 Å². The number of aryl methyl sites for hydroxylation is 1. The molecule has 0 spiro atoms. The smallest absolute Gasteiger partial charge is 0.305 e. The summed E-state index contributed by atoms with van der Waals surface area (Å²) in [5.41, 5.74) is 3.44. The molecule has 0 amide bonds. The topological polar surface area (TPSA) is 50.1 Å². The van der Waals surface area contributed by atoms with Crippen molar-refractivity contribution >= 4 is 17.6 Å². The summed E-state index contributed by atoms with van der Waals surface area (Å²) in [6, 6.07) is 15.0. The first kappa shape index (κ1) is 15.1. The highest BCUT2D eigenvalue weighted by Gasteiger charge is 2.09. The Morgan fingerprint density at radius 1 is 1.29 bits per heavy atom. The first-order chi connectivity index (χ1) is 10.1. The predicted molar refractivity (Wildman–Crippen MR) is 81.9 cm³/mol.